The number of benzene rings is 2. The zero-order valence-electron chi connectivity index (χ0n) is 19.2. The van der Waals surface area contributed by atoms with Gasteiger partial charge in [0.15, 0.2) is 0 Å². The molecule has 1 aromatic heterocycles. The number of fused-ring (bicyclic) bond motifs is 1. The van der Waals surface area contributed by atoms with Gasteiger partial charge in [0.25, 0.3) is 0 Å². The second-order valence-corrected chi connectivity index (χ2v) is 9.00. The molecule has 2 N–H and O–H groups in total. The molecule has 4 rings (SSSR count). The van der Waals surface area contributed by atoms with Gasteiger partial charge in [-0.1, -0.05) is 50.2 Å². The second kappa shape index (κ2) is 9.13. The average Bonchev–Trinajstić information content (AvgIpc) is 2.78. The zero-order valence-corrected chi connectivity index (χ0v) is 19.2. The molecular formula is C27H31N3O2. The Morgan fingerprint density at radius 1 is 1.22 bits per heavy atom. The van der Waals surface area contributed by atoms with Crippen LogP contribution in [-0.4, -0.2) is 41.1 Å². The lowest BCUT2D eigenvalue weighted by Crippen LogP contribution is -2.36. The molecule has 5 heteroatoms. The van der Waals surface area contributed by atoms with Gasteiger partial charge in [-0.25, -0.2) is 4.79 Å². The van der Waals surface area contributed by atoms with E-state index < -0.39 is 5.97 Å². The number of rotatable bonds is 6. The molecule has 32 heavy (non-hydrogen) atoms. The highest BCUT2D eigenvalue weighted by atomic mass is 16.4. The van der Waals surface area contributed by atoms with Crippen LogP contribution in [0.2, 0.25) is 0 Å². The van der Waals surface area contributed by atoms with Crippen LogP contribution in [0.15, 0.2) is 54.9 Å². The van der Waals surface area contributed by atoms with Gasteiger partial charge in [0.2, 0.25) is 0 Å². The van der Waals surface area contributed by atoms with Crippen molar-refractivity contribution in [1.29, 1.82) is 0 Å². The number of nitrogens with one attached hydrogen (secondary N) is 1. The molecule has 166 valence electrons. The summed E-state index contributed by atoms with van der Waals surface area (Å²) >= 11 is 0. The molecule has 0 saturated carbocycles. The third-order valence-corrected chi connectivity index (χ3v) is 6.53. The highest BCUT2D eigenvalue weighted by molar-refractivity contribution is 5.93. The van der Waals surface area contributed by atoms with E-state index in [1.807, 2.05) is 0 Å². The molecule has 0 spiro atoms. The topological polar surface area (TPSA) is 65.5 Å². The molecule has 1 aliphatic rings. The molecule has 1 atom stereocenters. The van der Waals surface area contributed by atoms with Gasteiger partial charge >= 0.3 is 5.97 Å². The number of pyridine rings is 1. The molecule has 0 amide bonds. The first-order valence-electron chi connectivity index (χ1n) is 11.2. The highest BCUT2D eigenvalue weighted by Gasteiger charge is 2.25. The maximum absolute atomic E-state index is 11.5. The number of carboxylic acids is 1. The maximum Gasteiger partial charge on any atom is 0.337 e. The van der Waals surface area contributed by atoms with E-state index in [0.717, 1.165) is 13.0 Å². The molecule has 0 fully saturated rings. The van der Waals surface area contributed by atoms with Crippen LogP contribution < -0.4 is 5.32 Å². The van der Waals surface area contributed by atoms with Crippen molar-refractivity contribution >= 4 is 11.7 Å². The summed E-state index contributed by atoms with van der Waals surface area (Å²) in [5, 5.41) is 12.8. The van der Waals surface area contributed by atoms with Crippen molar-refractivity contribution in [2.75, 3.05) is 25.5 Å². The number of aromatic nitrogens is 1. The van der Waals surface area contributed by atoms with Crippen LogP contribution in [0.1, 0.15) is 58.4 Å². The molecule has 0 radical (unpaired) electrons. The molecule has 0 bridgehead atoms. The molecule has 2 heterocycles. The van der Waals surface area contributed by atoms with Crippen molar-refractivity contribution in [3.8, 4) is 11.1 Å². The standard InChI is InChI=1S/C27H31N3O2/c1-17(2)19-5-7-22(18(3)13-19)20-6-8-23-21(14-20)10-12-30(4)26(23)16-29-25-15-28-11-9-24(25)27(31)32/h5-9,11,13-15,17,26,29H,10,12,16H2,1-4H3,(H,31,32)/t26-/m1/s1. The number of aromatic carboxylic acids is 1. The van der Waals surface area contributed by atoms with E-state index in [-0.39, 0.29) is 11.6 Å². The Balaban J connectivity index is 1.60. The fourth-order valence-corrected chi connectivity index (χ4v) is 4.57. The summed E-state index contributed by atoms with van der Waals surface area (Å²) in [6.07, 6.45) is 4.10. The molecule has 0 aliphatic carbocycles. The Labute approximate surface area is 190 Å². The van der Waals surface area contributed by atoms with Gasteiger partial charge in [0, 0.05) is 19.3 Å². The lowest BCUT2D eigenvalue weighted by atomic mass is 9.88. The molecular weight excluding hydrogens is 398 g/mol. The fourth-order valence-electron chi connectivity index (χ4n) is 4.57. The lowest BCUT2D eigenvalue weighted by Gasteiger charge is -2.35. The largest absolute Gasteiger partial charge is 0.478 e. The van der Waals surface area contributed by atoms with Crippen LogP contribution in [0, 0.1) is 6.92 Å². The number of aryl methyl sites for hydroxylation is 1. The van der Waals surface area contributed by atoms with Gasteiger partial charge in [-0.05, 0) is 65.8 Å². The molecule has 5 nitrogen and oxygen atoms in total. The Morgan fingerprint density at radius 2 is 2.03 bits per heavy atom. The Bertz CT molecular complexity index is 1140. The van der Waals surface area contributed by atoms with E-state index in [4.69, 9.17) is 0 Å². The number of nitrogens with zero attached hydrogens (tertiary/aromatic N) is 2. The summed E-state index contributed by atoms with van der Waals surface area (Å²) in [4.78, 5) is 17.9. The summed E-state index contributed by atoms with van der Waals surface area (Å²) in [6, 6.07) is 15.3. The SMILES string of the molecule is Cc1cc(C(C)C)ccc1-c1ccc2c(c1)CCN(C)[C@@H]2CNc1cnccc1C(=O)O. The number of anilines is 1. The molecule has 3 aromatic rings. The van der Waals surface area contributed by atoms with E-state index in [1.54, 1.807) is 6.20 Å². The number of hydrogen-bond donors (Lipinski definition) is 2. The van der Waals surface area contributed by atoms with Crippen molar-refractivity contribution in [2.45, 2.75) is 39.2 Å². The summed E-state index contributed by atoms with van der Waals surface area (Å²) in [7, 11) is 2.12. The molecule has 1 aliphatic heterocycles. The predicted octanol–water partition coefficient (Wildman–Crippen LogP) is 5.52. The van der Waals surface area contributed by atoms with Gasteiger partial charge in [-0.3, -0.25) is 9.88 Å². The van der Waals surface area contributed by atoms with Crippen LogP contribution in [0.5, 0.6) is 0 Å². The molecule has 0 saturated heterocycles. The predicted molar refractivity (Wildman–Crippen MR) is 129 cm³/mol. The summed E-state index contributed by atoms with van der Waals surface area (Å²) in [5.74, 6) is -0.424. The van der Waals surface area contributed by atoms with Gasteiger partial charge in [0.05, 0.1) is 23.5 Å². The van der Waals surface area contributed by atoms with Crippen LogP contribution in [0.4, 0.5) is 5.69 Å². The smallest absolute Gasteiger partial charge is 0.337 e. The van der Waals surface area contributed by atoms with Crippen molar-refractivity contribution in [3.63, 3.8) is 0 Å². The van der Waals surface area contributed by atoms with E-state index in [0.29, 0.717) is 18.2 Å². The third kappa shape index (κ3) is 4.39. The van der Waals surface area contributed by atoms with Crippen molar-refractivity contribution in [3.05, 3.63) is 82.7 Å². The number of hydrogen-bond acceptors (Lipinski definition) is 4. The first-order valence-corrected chi connectivity index (χ1v) is 11.2. The first-order chi connectivity index (χ1) is 15.3. The van der Waals surface area contributed by atoms with E-state index >= 15 is 0 Å². The van der Waals surface area contributed by atoms with Crippen molar-refractivity contribution < 1.29 is 9.90 Å². The zero-order chi connectivity index (χ0) is 22.8. The lowest BCUT2D eigenvalue weighted by molar-refractivity contribution is 0.0697. The maximum atomic E-state index is 11.5. The van der Waals surface area contributed by atoms with Crippen LogP contribution in [-0.2, 0) is 6.42 Å². The van der Waals surface area contributed by atoms with Gasteiger partial charge < -0.3 is 10.4 Å². The number of carboxylic acid groups (broad SMARTS) is 1. The van der Waals surface area contributed by atoms with E-state index in [9.17, 15) is 9.90 Å². The minimum Gasteiger partial charge on any atom is -0.478 e. The van der Waals surface area contributed by atoms with Crippen LogP contribution in [0.25, 0.3) is 11.1 Å². The monoisotopic (exact) mass is 429 g/mol. The highest BCUT2D eigenvalue weighted by Crippen LogP contribution is 2.34. The quantitative estimate of drug-likeness (QED) is 0.540. The van der Waals surface area contributed by atoms with Gasteiger partial charge in [0.1, 0.15) is 0 Å². The van der Waals surface area contributed by atoms with Crippen LogP contribution >= 0.6 is 0 Å². The first kappa shape index (κ1) is 22.0. The Kier molecular flexibility index (Phi) is 6.28. The minimum atomic E-state index is -0.948. The van der Waals surface area contributed by atoms with Crippen molar-refractivity contribution in [1.82, 2.24) is 9.88 Å². The number of carbonyl (C=O) groups is 1. The van der Waals surface area contributed by atoms with Crippen LogP contribution in [0.3, 0.4) is 0 Å². The van der Waals surface area contributed by atoms with Crippen molar-refractivity contribution in [2.24, 2.45) is 0 Å². The minimum absolute atomic E-state index is 0.166. The normalized spacial score (nSPS) is 16.1. The van der Waals surface area contributed by atoms with E-state index in [1.165, 1.54) is 45.6 Å². The van der Waals surface area contributed by atoms with E-state index in [2.05, 4.69) is 79.4 Å². The summed E-state index contributed by atoms with van der Waals surface area (Å²) < 4.78 is 0. The molecule has 0 unspecified atom stereocenters. The molecule has 2 aromatic carbocycles. The van der Waals surface area contributed by atoms with Gasteiger partial charge in [-0.2, -0.15) is 0 Å². The second-order valence-electron chi connectivity index (χ2n) is 9.00. The Morgan fingerprint density at radius 3 is 2.75 bits per heavy atom. The van der Waals surface area contributed by atoms with Gasteiger partial charge in [-0.15, -0.1) is 0 Å². The third-order valence-electron chi connectivity index (χ3n) is 6.53. The number of likely N-dealkylation sites (N-methyl/N-ethyl adjacent to an activating group) is 1. The fraction of sp³-hybridized carbons (Fsp3) is 0.333. The summed E-state index contributed by atoms with van der Waals surface area (Å²) in [6.45, 7) is 8.23. The Hall–Kier alpha value is -3.18. The average molecular weight is 430 g/mol. The summed E-state index contributed by atoms with van der Waals surface area (Å²) in [5.41, 5.74) is 8.68.